The summed E-state index contributed by atoms with van der Waals surface area (Å²) in [4.78, 5) is 24.7. The molecule has 7 heteroatoms. The Hall–Kier alpha value is -1.63. The molecule has 1 aliphatic carbocycles. The molecule has 1 aromatic rings. The molecule has 22 heavy (non-hydrogen) atoms. The fourth-order valence-corrected chi connectivity index (χ4v) is 2.36. The first-order valence-electron chi connectivity index (χ1n) is 6.98. The van der Waals surface area contributed by atoms with Crippen LogP contribution < -0.4 is 4.74 Å². The molecule has 120 valence electrons. The standard InChI is InChI=1S/C15H17BrFNO4/c1-9(15(20)21)7-18(11-3-4-11)14(19)8-22-13-5-2-10(16)6-12(13)17/h2,5-6,9,11H,3-4,7-8H2,1H3,(H,20,21). The Morgan fingerprint density at radius 2 is 2.18 bits per heavy atom. The summed E-state index contributed by atoms with van der Waals surface area (Å²) in [6.07, 6.45) is 1.73. The van der Waals surface area contributed by atoms with Crippen LogP contribution in [0.4, 0.5) is 4.39 Å². The van der Waals surface area contributed by atoms with E-state index in [1.807, 2.05) is 0 Å². The van der Waals surface area contributed by atoms with Crippen molar-refractivity contribution in [1.82, 2.24) is 4.90 Å². The Bertz CT molecular complexity index is 577. The number of carbonyl (C=O) groups excluding carboxylic acids is 1. The maximum absolute atomic E-state index is 13.6. The van der Waals surface area contributed by atoms with Crippen LogP contribution in [0, 0.1) is 11.7 Å². The van der Waals surface area contributed by atoms with Gasteiger partial charge in [-0.3, -0.25) is 9.59 Å². The van der Waals surface area contributed by atoms with E-state index in [0.717, 1.165) is 12.8 Å². The molecule has 1 N–H and O–H groups in total. The zero-order valence-corrected chi connectivity index (χ0v) is 13.7. The van der Waals surface area contributed by atoms with Crippen molar-refractivity contribution < 1.29 is 23.8 Å². The molecule has 1 aromatic carbocycles. The lowest BCUT2D eigenvalue weighted by molar-refractivity contribution is -0.143. The van der Waals surface area contributed by atoms with Gasteiger partial charge in [-0.15, -0.1) is 0 Å². The van der Waals surface area contributed by atoms with Gasteiger partial charge in [-0.2, -0.15) is 0 Å². The van der Waals surface area contributed by atoms with Crippen LogP contribution in [0.2, 0.25) is 0 Å². The van der Waals surface area contributed by atoms with Crippen LogP contribution in [0.1, 0.15) is 19.8 Å². The lowest BCUT2D eigenvalue weighted by atomic mass is 10.1. The molecule has 0 spiro atoms. The zero-order chi connectivity index (χ0) is 16.3. The number of rotatable bonds is 7. The second kappa shape index (κ2) is 7.09. The number of carbonyl (C=O) groups is 2. The largest absolute Gasteiger partial charge is 0.481 e. The third-order valence-corrected chi connectivity index (χ3v) is 3.94. The molecule has 0 bridgehead atoms. The van der Waals surface area contributed by atoms with Crippen LogP contribution in [-0.2, 0) is 9.59 Å². The van der Waals surface area contributed by atoms with Gasteiger partial charge < -0.3 is 14.7 Å². The molecule has 1 fully saturated rings. The number of aliphatic carboxylic acids is 1. The van der Waals surface area contributed by atoms with Gasteiger partial charge in [0.1, 0.15) is 0 Å². The molecule has 0 heterocycles. The molecule has 0 saturated heterocycles. The first-order valence-corrected chi connectivity index (χ1v) is 7.78. The number of nitrogens with zero attached hydrogens (tertiary/aromatic N) is 1. The first kappa shape index (κ1) is 16.7. The summed E-state index contributed by atoms with van der Waals surface area (Å²) in [6, 6.07) is 4.39. The summed E-state index contributed by atoms with van der Waals surface area (Å²) < 4.78 is 19.4. The van der Waals surface area contributed by atoms with E-state index in [0.29, 0.717) is 4.47 Å². The highest BCUT2D eigenvalue weighted by atomic mass is 79.9. The Morgan fingerprint density at radius 3 is 2.73 bits per heavy atom. The van der Waals surface area contributed by atoms with Gasteiger partial charge in [0.25, 0.3) is 5.91 Å². The van der Waals surface area contributed by atoms with Crippen LogP contribution in [0.15, 0.2) is 22.7 Å². The summed E-state index contributed by atoms with van der Waals surface area (Å²) in [5.74, 6) is -2.47. The van der Waals surface area contributed by atoms with Crippen molar-refractivity contribution in [2.45, 2.75) is 25.8 Å². The van der Waals surface area contributed by atoms with Crippen LogP contribution in [-0.4, -0.2) is 41.1 Å². The number of amides is 1. The van der Waals surface area contributed by atoms with Gasteiger partial charge in [-0.05, 0) is 31.0 Å². The van der Waals surface area contributed by atoms with Gasteiger partial charge in [-0.1, -0.05) is 22.9 Å². The van der Waals surface area contributed by atoms with Crippen molar-refractivity contribution in [2.24, 2.45) is 5.92 Å². The summed E-state index contributed by atoms with van der Waals surface area (Å²) in [5.41, 5.74) is 0. The molecule has 5 nitrogen and oxygen atoms in total. The Labute approximate surface area is 136 Å². The molecule has 0 aromatic heterocycles. The smallest absolute Gasteiger partial charge is 0.308 e. The van der Waals surface area contributed by atoms with Crippen LogP contribution in [0.3, 0.4) is 0 Å². The van der Waals surface area contributed by atoms with E-state index in [1.54, 1.807) is 13.0 Å². The predicted molar refractivity (Wildman–Crippen MR) is 81.1 cm³/mol. The van der Waals surface area contributed by atoms with Crippen LogP contribution in [0.5, 0.6) is 5.75 Å². The van der Waals surface area contributed by atoms with E-state index >= 15 is 0 Å². The van der Waals surface area contributed by atoms with E-state index in [2.05, 4.69) is 15.9 Å². The van der Waals surface area contributed by atoms with Crippen molar-refractivity contribution >= 4 is 27.8 Å². The molecular formula is C15H17BrFNO4. The summed E-state index contributed by atoms with van der Waals surface area (Å²) in [7, 11) is 0. The molecule has 1 saturated carbocycles. The minimum absolute atomic E-state index is 0.00131. The second-order valence-corrected chi connectivity index (χ2v) is 6.30. The molecule has 1 unspecified atom stereocenters. The summed E-state index contributed by atoms with van der Waals surface area (Å²) in [6.45, 7) is 1.40. The normalized spacial score (nSPS) is 15.2. The predicted octanol–water partition coefficient (Wildman–Crippen LogP) is 2.68. The fourth-order valence-electron chi connectivity index (χ4n) is 2.03. The van der Waals surface area contributed by atoms with E-state index in [-0.39, 0.29) is 30.9 Å². The number of hydrogen-bond acceptors (Lipinski definition) is 3. The van der Waals surface area contributed by atoms with Gasteiger partial charge >= 0.3 is 5.97 Å². The quantitative estimate of drug-likeness (QED) is 0.797. The number of benzene rings is 1. The van der Waals surface area contributed by atoms with E-state index in [9.17, 15) is 14.0 Å². The average molecular weight is 374 g/mol. The van der Waals surface area contributed by atoms with Crippen LogP contribution in [0.25, 0.3) is 0 Å². The van der Waals surface area contributed by atoms with Gasteiger partial charge in [0.15, 0.2) is 18.2 Å². The molecule has 2 rings (SSSR count). The van der Waals surface area contributed by atoms with E-state index in [4.69, 9.17) is 9.84 Å². The minimum atomic E-state index is -0.946. The maximum atomic E-state index is 13.6. The SMILES string of the molecule is CC(CN(C(=O)COc1ccc(Br)cc1F)C1CC1)C(=O)O. The number of carboxylic acids is 1. The third kappa shape index (κ3) is 4.43. The first-order chi connectivity index (χ1) is 10.4. The number of carboxylic acid groups (broad SMARTS) is 1. The fraction of sp³-hybridized carbons (Fsp3) is 0.467. The molecule has 1 amide bonds. The van der Waals surface area contributed by atoms with Crippen LogP contribution >= 0.6 is 15.9 Å². The Kier molecular flexibility index (Phi) is 5.39. The average Bonchev–Trinajstić information content (AvgIpc) is 3.27. The monoisotopic (exact) mass is 373 g/mol. The topological polar surface area (TPSA) is 66.8 Å². The molecule has 0 radical (unpaired) electrons. The van der Waals surface area contributed by atoms with Gasteiger partial charge in [-0.25, -0.2) is 4.39 Å². The lowest BCUT2D eigenvalue weighted by Crippen LogP contribution is -2.41. The number of halogens is 2. The number of hydrogen-bond donors (Lipinski definition) is 1. The van der Waals surface area contributed by atoms with E-state index in [1.165, 1.54) is 17.0 Å². The minimum Gasteiger partial charge on any atom is -0.481 e. The Morgan fingerprint density at radius 1 is 1.50 bits per heavy atom. The van der Waals surface area contributed by atoms with Crippen molar-refractivity contribution in [3.63, 3.8) is 0 Å². The molecule has 1 atom stereocenters. The van der Waals surface area contributed by atoms with Gasteiger partial charge in [0.2, 0.25) is 0 Å². The van der Waals surface area contributed by atoms with Crippen molar-refractivity contribution in [1.29, 1.82) is 0 Å². The molecular weight excluding hydrogens is 357 g/mol. The highest BCUT2D eigenvalue weighted by molar-refractivity contribution is 9.10. The Balaban J connectivity index is 1.95. The summed E-state index contributed by atoms with van der Waals surface area (Å²) >= 11 is 3.14. The zero-order valence-electron chi connectivity index (χ0n) is 12.1. The van der Waals surface area contributed by atoms with E-state index < -0.39 is 17.7 Å². The van der Waals surface area contributed by atoms with Crippen molar-refractivity contribution in [3.05, 3.63) is 28.5 Å². The maximum Gasteiger partial charge on any atom is 0.308 e. The lowest BCUT2D eigenvalue weighted by Gasteiger charge is -2.24. The highest BCUT2D eigenvalue weighted by Gasteiger charge is 2.34. The molecule has 1 aliphatic rings. The number of ether oxygens (including phenoxy) is 1. The second-order valence-electron chi connectivity index (χ2n) is 5.38. The molecule has 0 aliphatic heterocycles. The summed E-state index contributed by atoms with van der Waals surface area (Å²) in [5, 5.41) is 8.96. The third-order valence-electron chi connectivity index (χ3n) is 3.45. The highest BCUT2D eigenvalue weighted by Crippen LogP contribution is 2.28. The van der Waals surface area contributed by atoms with Gasteiger partial charge in [0.05, 0.1) is 5.92 Å². The van der Waals surface area contributed by atoms with Crippen molar-refractivity contribution in [3.8, 4) is 5.75 Å². The van der Waals surface area contributed by atoms with Gasteiger partial charge in [0, 0.05) is 17.1 Å². The van der Waals surface area contributed by atoms with Crippen molar-refractivity contribution in [2.75, 3.05) is 13.2 Å².